The number of esters is 2. The van der Waals surface area contributed by atoms with Gasteiger partial charge in [-0.2, -0.15) is 0 Å². The van der Waals surface area contributed by atoms with Crippen LogP contribution in [-0.4, -0.2) is 70.0 Å². The molecule has 1 unspecified atom stereocenters. The van der Waals surface area contributed by atoms with Gasteiger partial charge in [-0.1, -0.05) is 219 Å². The number of unbranched alkanes of at least 4 members (excludes halogenated alkanes) is 33. The van der Waals surface area contributed by atoms with E-state index in [0.717, 1.165) is 32.1 Å². The summed E-state index contributed by atoms with van der Waals surface area (Å²) in [6, 6.07) is 0. The summed E-state index contributed by atoms with van der Waals surface area (Å²) in [7, 11) is 1.18. The Balaban J connectivity index is 4.20. The molecule has 0 aromatic carbocycles. The number of nitrogens with zero attached hydrogens (tertiary/aromatic N) is 1. The Morgan fingerprint density at radius 1 is 0.484 bits per heavy atom. The standard InChI is InChI=1S/C52H102NO8P/c1-6-8-10-12-14-16-18-20-22-24-26-28-30-32-34-36-38-40-42-44-51(54)58-48-50(49-60-62(56,57)59-47-46-53(3,4)5)61-52(55)45-43-41-39-37-35-33-31-29-27-25-23-21-19-17-15-13-11-9-7-2/h20,22,50H,6-19,21,23-49H2,1-5H3/b22-20-/t50-/m1/s1. The van der Waals surface area contributed by atoms with E-state index < -0.39 is 26.5 Å². The maximum absolute atomic E-state index is 12.7. The molecule has 0 N–H and O–H groups in total. The summed E-state index contributed by atoms with van der Waals surface area (Å²) in [5.41, 5.74) is 0. The maximum Gasteiger partial charge on any atom is 0.306 e. The van der Waals surface area contributed by atoms with Crippen LogP contribution in [0.15, 0.2) is 12.2 Å². The minimum atomic E-state index is -4.63. The molecule has 0 aliphatic carbocycles. The highest BCUT2D eigenvalue weighted by molar-refractivity contribution is 7.45. The molecule has 0 saturated heterocycles. The van der Waals surface area contributed by atoms with Gasteiger partial charge in [0, 0.05) is 12.8 Å². The summed E-state index contributed by atoms with van der Waals surface area (Å²) in [5.74, 6) is -0.820. The number of hydrogen-bond acceptors (Lipinski definition) is 8. The van der Waals surface area contributed by atoms with Crippen LogP contribution in [-0.2, 0) is 32.7 Å². The molecule has 0 saturated carbocycles. The van der Waals surface area contributed by atoms with Crippen molar-refractivity contribution in [1.82, 2.24) is 0 Å². The average Bonchev–Trinajstić information content (AvgIpc) is 3.23. The van der Waals surface area contributed by atoms with Crippen LogP contribution in [0.25, 0.3) is 0 Å². The van der Waals surface area contributed by atoms with Crippen molar-refractivity contribution < 1.29 is 42.1 Å². The van der Waals surface area contributed by atoms with E-state index in [1.54, 1.807) is 0 Å². The fraction of sp³-hybridized carbons (Fsp3) is 0.923. The van der Waals surface area contributed by atoms with E-state index in [1.165, 1.54) is 193 Å². The van der Waals surface area contributed by atoms with Crippen molar-refractivity contribution in [3.05, 3.63) is 12.2 Å². The molecular weight excluding hydrogens is 798 g/mol. The number of carbonyl (C=O) groups excluding carboxylic acids is 2. The van der Waals surface area contributed by atoms with E-state index in [0.29, 0.717) is 17.4 Å². The summed E-state index contributed by atoms with van der Waals surface area (Å²) in [6.45, 7) is 4.28. The lowest BCUT2D eigenvalue weighted by atomic mass is 10.0. The Labute approximate surface area is 384 Å². The van der Waals surface area contributed by atoms with Gasteiger partial charge in [-0.3, -0.25) is 14.2 Å². The van der Waals surface area contributed by atoms with Crippen molar-refractivity contribution in [3.8, 4) is 0 Å². The van der Waals surface area contributed by atoms with Gasteiger partial charge in [0.15, 0.2) is 6.10 Å². The second-order valence-electron chi connectivity index (χ2n) is 19.2. The van der Waals surface area contributed by atoms with Gasteiger partial charge in [-0.05, 0) is 38.5 Å². The van der Waals surface area contributed by atoms with E-state index in [1.807, 2.05) is 21.1 Å². The zero-order chi connectivity index (χ0) is 45.7. The molecule has 0 bridgehead atoms. The number of phosphoric acid groups is 1. The molecule has 0 heterocycles. The third-order valence-electron chi connectivity index (χ3n) is 11.8. The highest BCUT2D eigenvalue weighted by Crippen LogP contribution is 2.38. The van der Waals surface area contributed by atoms with Crippen LogP contribution in [0.1, 0.15) is 258 Å². The minimum absolute atomic E-state index is 0.0274. The minimum Gasteiger partial charge on any atom is -0.756 e. The van der Waals surface area contributed by atoms with E-state index in [9.17, 15) is 19.0 Å². The monoisotopic (exact) mass is 900 g/mol. The Hall–Kier alpha value is -1.25. The second kappa shape index (κ2) is 44.9. The SMILES string of the molecule is CCCCCCCC/C=C\CCCCCCCCCCCC(=O)OC[C@H](COP(=O)([O-])OCC[N+](C)(C)C)OC(=O)CCCCCCCCCCCCCCCCCCCCC. The number of likely N-dealkylation sites (N-methyl/N-ethyl adjacent to an activating group) is 1. The summed E-state index contributed by atoms with van der Waals surface area (Å²) in [6.07, 6.45) is 49.5. The van der Waals surface area contributed by atoms with E-state index in [2.05, 4.69) is 26.0 Å². The molecule has 0 aromatic rings. The Morgan fingerprint density at radius 2 is 0.823 bits per heavy atom. The molecule has 0 aliphatic heterocycles. The van der Waals surface area contributed by atoms with Crippen LogP contribution >= 0.6 is 7.82 Å². The van der Waals surface area contributed by atoms with Crippen LogP contribution in [0.3, 0.4) is 0 Å². The first-order valence-corrected chi connectivity index (χ1v) is 27.9. The lowest BCUT2D eigenvalue weighted by molar-refractivity contribution is -0.870. The molecule has 0 rings (SSSR count). The van der Waals surface area contributed by atoms with E-state index in [4.69, 9.17) is 18.5 Å². The first kappa shape index (κ1) is 60.8. The first-order valence-electron chi connectivity index (χ1n) is 26.4. The Kier molecular flexibility index (Phi) is 44.0. The highest BCUT2D eigenvalue weighted by atomic mass is 31.2. The molecule has 2 atom stereocenters. The second-order valence-corrected chi connectivity index (χ2v) is 20.7. The summed E-state index contributed by atoms with van der Waals surface area (Å²) < 4.78 is 34.1. The van der Waals surface area contributed by atoms with Crippen molar-refractivity contribution >= 4 is 19.8 Å². The number of phosphoric ester groups is 1. The quantitative estimate of drug-likeness (QED) is 0.0195. The molecule has 10 heteroatoms. The third kappa shape index (κ3) is 48.2. The number of allylic oxidation sites excluding steroid dienone is 2. The van der Waals surface area contributed by atoms with Crippen molar-refractivity contribution in [1.29, 1.82) is 0 Å². The zero-order valence-corrected chi connectivity index (χ0v) is 42.5. The molecule has 9 nitrogen and oxygen atoms in total. The molecule has 0 aromatic heterocycles. The van der Waals surface area contributed by atoms with Gasteiger partial charge in [0.25, 0.3) is 7.82 Å². The predicted octanol–water partition coefficient (Wildman–Crippen LogP) is 15.1. The number of quaternary nitrogens is 1. The zero-order valence-electron chi connectivity index (χ0n) is 41.6. The van der Waals surface area contributed by atoms with Gasteiger partial charge >= 0.3 is 11.9 Å². The molecule has 0 aliphatic rings. The smallest absolute Gasteiger partial charge is 0.306 e. The molecule has 62 heavy (non-hydrogen) atoms. The summed E-state index contributed by atoms with van der Waals surface area (Å²) in [4.78, 5) is 37.7. The average molecular weight is 900 g/mol. The van der Waals surface area contributed by atoms with Crippen molar-refractivity contribution in [2.45, 2.75) is 264 Å². The highest BCUT2D eigenvalue weighted by Gasteiger charge is 2.21. The molecule has 0 amide bonds. The molecule has 0 fully saturated rings. The van der Waals surface area contributed by atoms with Crippen molar-refractivity contribution in [2.24, 2.45) is 0 Å². The van der Waals surface area contributed by atoms with E-state index in [-0.39, 0.29) is 32.0 Å². The summed E-state index contributed by atoms with van der Waals surface area (Å²) >= 11 is 0. The van der Waals surface area contributed by atoms with Crippen molar-refractivity contribution in [2.75, 3.05) is 47.5 Å². The Morgan fingerprint density at radius 3 is 1.19 bits per heavy atom. The fourth-order valence-electron chi connectivity index (χ4n) is 7.65. The van der Waals surface area contributed by atoms with Gasteiger partial charge < -0.3 is 27.9 Å². The topological polar surface area (TPSA) is 111 Å². The van der Waals surface area contributed by atoms with Crippen LogP contribution in [0.4, 0.5) is 0 Å². The van der Waals surface area contributed by atoms with Gasteiger partial charge in [0.1, 0.15) is 19.8 Å². The molecular formula is C52H102NO8P. The van der Waals surface area contributed by atoms with E-state index >= 15 is 0 Å². The number of carbonyl (C=O) groups is 2. The van der Waals surface area contributed by atoms with Gasteiger partial charge in [0.05, 0.1) is 27.7 Å². The molecule has 0 radical (unpaired) electrons. The van der Waals surface area contributed by atoms with Gasteiger partial charge in [-0.25, -0.2) is 0 Å². The Bertz CT molecular complexity index is 1060. The third-order valence-corrected chi connectivity index (χ3v) is 12.7. The lowest BCUT2D eigenvalue weighted by Gasteiger charge is -2.28. The number of hydrogen-bond donors (Lipinski definition) is 0. The van der Waals surface area contributed by atoms with Crippen LogP contribution in [0.5, 0.6) is 0 Å². The number of ether oxygens (including phenoxy) is 2. The van der Waals surface area contributed by atoms with Crippen molar-refractivity contribution in [3.63, 3.8) is 0 Å². The van der Waals surface area contributed by atoms with Crippen LogP contribution < -0.4 is 4.89 Å². The molecule has 0 spiro atoms. The van der Waals surface area contributed by atoms with Gasteiger partial charge in [0.2, 0.25) is 0 Å². The first-order chi connectivity index (χ1) is 30.0. The van der Waals surface area contributed by atoms with Gasteiger partial charge in [-0.15, -0.1) is 0 Å². The van der Waals surface area contributed by atoms with Crippen LogP contribution in [0, 0.1) is 0 Å². The normalized spacial score (nSPS) is 13.5. The van der Waals surface area contributed by atoms with Crippen LogP contribution in [0.2, 0.25) is 0 Å². The predicted molar refractivity (Wildman–Crippen MR) is 259 cm³/mol. The fourth-order valence-corrected chi connectivity index (χ4v) is 8.38. The largest absolute Gasteiger partial charge is 0.756 e. The maximum atomic E-state index is 12.7. The molecule has 368 valence electrons. The summed E-state index contributed by atoms with van der Waals surface area (Å²) in [5, 5.41) is 0. The lowest BCUT2D eigenvalue weighted by Crippen LogP contribution is -2.37. The number of rotatable bonds is 49.